The first-order valence-electron chi connectivity index (χ1n) is 6.38. The Labute approximate surface area is 103 Å². The third-order valence-corrected chi connectivity index (χ3v) is 2.71. The largest absolute Gasteiger partial charge is 0.370 e. The zero-order valence-corrected chi connectivity index (χ0v) is 10.8. The summed E-state index contributed by atoms with van der Waals surface area (Å²) in [6, 6.07) is 0. The lowest BCUT2D eigenvalue weighted by atomic mass is 10.1. The molecule has 1 saturated carbocycles. The van der Waals surface area contributed by atoms with Crippen LogP contribution in [0.25, 0.3) is 0 Å². The van der Waals surface area contributed by atoms with E-state index in [-0.39, 0.29) is 12.5 Å². The summed E-state index contributed by atoms with van der Waals surface area (Å²) in [6.45, 7) is 6.01. The molecule has 1 aliphatic carbocycles. The van der Waals surface area contributed by atoms with Crippen LogP contribution < -0.4 is 16.4 Å². The molecule has 1 fully saturated rings. The molecule has 0 radical (unpaired) electrons. The van der Waals surface area contributed by atoms with Gasteiger partial charge in [-0.05, 0) is 31.1 Å². The fraction of sp³-hybridized carbons (Fsp3) is 0.833. The average Bonchev–Trinajstić information content (AvgIpc) is 3.06. The molecule has 0 spiro atoms. The number of nitrogens with zero attached hydrogens (tertiary/aromatic N) is 1. The molecule has 0 aromatic heterocycles. The van der Waals surface area contributed by atoms with E-state index in [2.05, 4.69) is 29.5 Å². The number of aliphatic imine (C=N–C) groups is 1. The summed E-state index contributed by atoms with van der Waals surface area (Å²) in [4.78, 5) is 15.4. The van der Waals surface area contributed by atoms with Crippen LogP contribution in [0.3, 0.4) is 0 Å². The maximum absolute atomic E-state index is 11.4. The highest BCUT2D eigenvalue weighted by molar-refractivity contribution is 5.83. The summed E-state index contributed by atoms with van der Waals surface area (Å²) in [5.41, 5.74) is 5.64. The molecule has 0 atom stereocenters. The van der Waals surface area contributed by atoms with Crippen molar-refractivity contribution in [2.45, 2.75) is 33.1 Å². The summed E-state index contributed by atoms with van der Waals surface area (Å²) >= 11 is 0. The van der Waals surface area contributed by atoms with Crippen molar-refractivity contribution < 1.29 is 4.79 Å². The van der Waals surface area contributed by atoms with Gasteiger partial charge in [-0.2, -0.15) is 0 Å². The van der Waals surface area contributed by atoms with E-state index in [1.807, 2.05) is 0 Å². The zero-order chi connectivity index (χ0) is 12.7. The predicted octanol–water partition coefficient (Wildman–Crippen LogP) is 0.463. The van der Waals surface area contributed by atoms with Gasteiger partial charge in [-0.1, -0.05) is 13.8 Å². The predicted molar refractivity (Wildman–Crippen MR) is 69.7 cm³/mol. The highest BCUT2D eigenvalue weighted by atomic mass is 16.1. The van der Waals surface area contributed by atoms with E-state index >= 15 is 0 Å². The summed E-state index contributed by atoms with van der Waals surface area (Å²) in [6.07, 6.45) is 3.52. The smallest absolute Gasteiger partial charge is 0.241 e. The molecule has 0 aromatic rings. The van der Waals surface area contributed by atoms with Gasteiger partial charge in [0.25, 0.3) is 0 Å². The molecule has 5 heteroatoms. The Morgan fingerprint density at radius 3 is 2.71 bits per heavy atom. The topological polar surface area (TPSA) is 79.5 Å². The number of rotatable bonds is 7. The molecule has 5 nitrogen and oxygen atoms in total. The number of nitrogens with one attached hydrogen (secondary N) is 2. The van der Waals surface area contributed by atoms with Crippen LogP contribution in [0, 0.1) is 11.8 Å². The van der Waals surface area contributed by atoms with Crippen molar-refractivity contribution >= 4 is 11.9 Å². The Bertz CT molecular complexity index is 272. The number of carbonyl (C=O) groups excluding carboxylic acids is 1. The van der Waals surface area contributed by atoms with E-state index in [9.17, 15) is 4.79 Å². The van der Waals surface area contributed by atoms with Crippen molar-refractivity contribution in [1.29, 1.82) is 0 Å². The maximum atomic E-state index is 11.4. The summed E-state index contributed by atoms with van der Waals surface area (Å²) < 4.78 is 0. The van der Waals surface area contributed by atoms with Gasteiger partial charge in [-0.15, -0.1) is 0 Å². The third-order valence-electron chi connectivity index (χ3n) is 2.71. The molecule has 17 heavy (non-hydrogen) atoms. The van der Waals surface area contributed by atoms with Crippen LogP contribution >= 0.6 is 0 Å². The van der Waals surface area contributed by atoms with Crippen LogP contribution in [-0.2, 0) is 4.79 Å². The Morgan fingerprint density at radius 2 is 2.12 bits per heavy atom. The fourth-order valence-electron chi connectivity index (χ4n) is 1.34. The van der Waals surface area contributed by atoms with E-state index in [0.717, 1.165) is 19.5 Å². The first-order valence-corrected chi connectivity index (χ1v) is 6.38. The molecule has 1 aliphatic rings. The Hall–Kier alpha value is -1.26. The van der Waals surface area contributed by atoms with Crippen molar-refractivity contribution in [1.82, 2.24) is 10.6 Å². The molecule has 4 N–H and O–H groups in total. The van der Waals surface area contributed by atoms with Crippen molar-refractivity contribution in [2.75, 3.05) is 19.6 Å². The second-order valence-corrected chi connectivity index (χ2v) is 5.06. The Morgan fingerprint density at radius 1 is 1.41 bits per heavy atom. The number of hydrogen-bond donors (Lipinski definition) is 3. The number of carbonyl (C=O) groups is 1. The molecule has 0 aromatic carbocycles. The molecule has 0 bridgehead atoms. The van der Waals surface area contributed by atoms with Crippen molar-refractivity contribution in [2.24, 2.45) is 22.6 Å². The van der Waals surface area contributed by atoms with Crippen molar-refractivity contribution in [3.63, 3.8) is 0 Å². The lowest BCUT2D eigenvalue weighted by molar-refractivity contribution is -0.119. The standard InChI is InChI=1S/C12H24N4O/c1-9(2)5-6-14-12(13)16-8-11(17)15-7-10-3-4-10/h9-10H,3-8H2,1-2H3,(H,15,17)(H3,13,14,16). The number of guanidine groups is 1. The minimum Gasteiger partial charge on any atom is -0.370 e. The third kappa shape index (κ3) is 7.60. The summed E-state index contributed by atoms with van der Waals surface area (Å²) in [5.74, 6) is 1.64. The van der Waals surface area contributed by atoms with E-state index in [0.29, 0.717) is 17.8 Å². The first kappa shape index (κ1) is 13.8. The molecule has 1 amide bonds. The molecular formula is C12H24N4O. The highest BCUT2D eigenvalue weighted by Crippen LogP contribution is 2.27. The van der Waals surface area contributed by atoms with Crippen LogP contribution in [0.1, 0.15) is 33.1 Å². The van der Waals surface area contributed by atoms with Gasteiger partial charge < -0.3 is 16.4 Å². The molecular weight excluding hydrogens is 216 g/mol. The highest BCUT2D eigenvalue weighted by Gasteiger charge is 2.21. The van der Waals surface area contributed by atoms with Gasteiger partial charge in [0.1, 0.15) is 6.54 Å². The fourth-order valence-corrected chi connectivity index (χ4v) is 1.34. The molecule has 1 rings (SSSR count). The van der Waals surface area contributed by atoms with E-state index in [4.69, 9.17) is 5.73 Å². The second kappa shape index (κ2) is 7.14. The van der Waals surface area contributed by atoms with Gasteiger partial charge >= 0.3 is 0 Å². The normalized spacial score (nSPS) is 16.1. The minimum absolute atomic E-state index is 0.0505. The molecule has 0 saturated heterocycles. The van der Waals surface area contributed by atoms with Crippen LogP contribution in [0.2, 0.25) is 0 Å². The van der Waals surface area contributed by atoms with Crippen molar-refractivity contribution in [3.05, 3.63) is 0 Å². The molecule has 0 unspecified atom stereocenters. The van der Waals surface area contributed by atoms with Crippen LogP contribution in [0.4, 0.5) is 0 Å². The quantitative estimate of drug-likeness (QED) is 0.447. The van der Waals surface area contributed by atoms with E-state index in [1.54, 1.807) is 0 Å². The zero-order valence-electron chi connectivity index (χ0n) is 10.8. The first-order chi connectivity index (χ1) is 8.08. The minimum atomic E-state index is -0.0505. The van der Waals surface area contributed by atoms with Gasteiger partial charge in [0.05, 0.1) is 0 Å². The maximum Gasteiger partial charge on any atom is 0.241 e. The lowest BCUT2D eigenvalue weighted by Gasteiger charge is -2.07. The average molecular weight is 240 g/mol. The van der Waals surface area contributed by atoms with Gasteiger partial charge in [0, 0.05) is 13.1 Å². The number of hydrogen-bond acceptors (Lipinski definition) is 2. The SMILES string of the molecule is CC(C)CCNC(N)=NCC(=O)NCC1CC1. The second-order valence-electron chi connectivity index (χ2n) is 5.06. The lowest BCUT2D eigenvalue weighted by Crippen LogP contribution is -2.35. The van der Waals surface area contributed by atoms with E-state index in [1.165, 1.54) is 12.8 Å². The van der Waals surface area contributed by atoms with Gasteiger partial charge in [0.15, 0.2) is 5.96 Å². The Kier molecular flexibility index (Phi) is 5.80. The van der Waals surface area contributed by atoms with Crippen LogP contribution in [0.5, 0.6) is 0 Å². The monoisotopic (exact) mass is 240 g/mol. The molecule has 98 valence electrons. The number of nitrogens with two attached hydrogens (primary N) is 1. The number of amides is 1. The van der Waals surface area contributed by atoms with Crippen LogP contribution in [0.15, 0.2) is 4.99 Å². The summed E-state index contributed by atoms with van der Waals surface area (Å²) in [5, 5.41) is 5.84. The Balaban J connectivity index is 2.05. The van der Waals surface area contributed by atoms with Crippen LogP contribution in [-0.4, -0.2) is 31.5 Å². The van der Waals surface area contributed by atoms with E-state index < -0.39 is 0 Å². The summed E-state index contributed by atoms with van der Waals surface area (Å²) in [7, 11) is 0. The van der Waals surface area contributed by atoms with Gasteiger partial charge in [-0.3, -0.25) is 4.79 Å². The van der Waals surface area contributed by atoms with Crippen molar-refractivity contribution in [3.8, 4) is 0 Å². The van der Waals surface area contributed by atoms with Gasteiger partial charge in [0.2, 0.25) is 5.91 Å². The molecule has 0 heterocycles. The molecule has 0 aliphatic heterocycles. The van der Waals surface area contributed by atoms with Gasteiger partial charge in [-0.25, -0.2) is 4.99 Å².